The molecule has 0 saturated carbocycles. The molecule has 3 aromatic rings. The highest BCUT2D eigenvalue weighted by Crippen LogP contribution is 2.22. The van der Waals surface area contributed by atoms with Gasteiger partial charge in [0.15, 0.2) is 0 Å². The predicted molar refractivity (Wildman–Crippen MR) is 110 cm³/mol. The van der Waals surface area contributed by atoms with Crippen molar-refractivity contribution in [3.05, 3.63) is 66.0 Å². The number of nitrogens with one attached hydrogen (secondary N) is 1. The molecule has 0 spiro atoms. The summed E-state index contributed by atoms with van der Waals surface area (Å²) in [5.41, 5.74) is 3.73. The molecular formula is C23H27N3O2. The number of nitrogens with zero attached hydrogens (tertiary/aromatic N) is 2. The zero-order valence-electron chi connectivity index (χ0n) is 16.3. The van der Waals surface area contributed by atoms with Crippen molar-refractivity contribution in [3.63, 3.8) is 0 Å². The Bertz CT molecular complexity index is 929. The quantitative estimate of drug-likeness (QED) is 0.695. The molecule has 1 atom stereocenters. The third kappa shape index (κ3) is 4.09. The van der Waals surface area contributed by atoms with Gasteiger partial charge >= 0.3 is 0 Å². The fourth-order valence-corrected chi connectivity index (χ4v) is 3.91. The van der Waals surface area contributed by atoms with Crippen LogP contribution in [0.3, 0.4) is 0 Å². The van der Waals surface area contributed by atoms with Crippen LogP contribution in [0.15, 0.2) is 54.9 Å². The lowest BCUT2D eigenvalue weighted by molar-refractivity contribution is 0.0616. The fourth-order valence-electron chi connectivity index (χ4n) is 3.91. The summed E-state index contributed by atoms with van der Waals surface area (Å²) in [6, 6.07) is 15.9. The Kier molecular flexibility index (Phi) is 5.72. The highest BCUT2D eigenvalue weighted by Gasteiger charge is 2.17. The standard InChI is InChI=1S/C23H27N3O2/c1-2-20(18-6-4-3-5-7-18)25-23(27)19-8-9-22-21(14-19)24-16-26(22)15-17-10-12-28-13-11-17/h3-9,14,16-17,20H,2,10-13,15H2,1H3,(H,25,27). The maximum atomic E-state index is 12.8. The topological polar surface area (TPSA) is 56.2 Å². The van der Waals surface area contributed by atoms with E-state index in [-0.39, 0.29) is 11.9 Å². The Hall–Kier alpha value is -2.66. The van der Waals surface area contributed by atoms with Gasteiger partial charge in [-0.15, -0.1) is 0 Å². The molecule has 28 heavy (non-hydrogen) atoms. The summed E-state index contributed by atoms with van der Waals surface area (Å²) in [5, 5.41) is 3.15. The first-order valence-electron chi connectivity index (χ1n) is 10.1. The van der Waals surface area contributed by atoms with Gasteiger partial charge in [0, 0.05) is 25.3 Å². The van der Waals surface area contributed by atoms with E-state index >= 15 is 0 Å². The Morgan fingerprint density at radius 2 is 2.00 bits per heavy atom. The highest BCUT2D eigenvalue weighted by molar-refractivity contribution is 5.97. The molecule has 1 unspecified atom stereocenters. The van der Waals surface area contributed by atoms with Crippen molar-refractivity contribution in [2.45, 2.75) is 38.8 Å². The monoisotopic (exact) mass is 377 g/mol. The molecule has 0 radical (unpaired) electrons. The molecule has 1 aliphatic heterocycles. The number of amides is 1. The second-order valence-corrected chi connectivity index (χ2v) is 7.50. The summed E-state index contributed by atoms with van der Waals surface area (Å²) in [4.78, 5) is 17.3. The van der Waals surface area contributed by atoms with E-state index < -0.39 is 0 Å². The molecular weight excluding hydrogens is 350 g/mol. The van der Waals surface area contributed by atoms with Crippen LogP contribution in [0.2, 0.25) is 0 Å². The van der Waals surface area contributed by atoms with Gasteiger partial charge in [-0.2, -0.15) is 0 Å². The molecule has 0 bridgehead atoms. The maximum absolute atomic E-state index is 12.8. The Morgan fingerprint density at radius 1 is 1.21 bits per heavy atom. The van der Waals surface area contributed by atoms with Crippen LogP contribution in [-0.4, -0.2) is 28.7 Å². The van der Waals surface area contributed by atoms with Gasteiger partial charge in [0.05, 0.1) is 23.4 Å². The molecule has 146 valence electrons. The molecule has 1 aliphatic rings. The summed E-state index contributed by atoms with van der Waals surface area (Å²) in [5.74, 6) is 0.571. The van der Waals surface area contributed by atoms with Crippen LogP contribution < -0.4 is 5.32 Å². The maximum Gasteiger partial charge on any atom is 0.251 e. The first kappa shape index (κ1) is 18.7. The molecule has 4 rings (SSSR count). The lowest BCUT2D eigenvalue weighted by Crippen LogP contribution is -2.28. The van der Waals surface area contributed by atoms with Gasteiger partial charge < -0.3 is 14.6 Å². The van der Waals surface area contributed by atoms with Gasteiger partial charge in [-0.05, 0) is 48.9 Å². The normalized spacial score (nSPS) is 16.2. The van der Waals surface area contributed by atoms with Crippen LogP contribution >= 0.6 is 0 Å². The lowest BCUT2D eigenvalue weighted by atomic mass is 10.0. The molecule has 1 saturated heterocycles. The van der Waals surface area contributed by atoms with Crippen molar-refractivity contribution in [3.8, 4) is 0 Å². The number of aromatic nitrogens is 2. The molecule has 2 aromatic carbocycles. The van der Waals surface area contributed by atoms with Gasteiger partial charge in [-0.1, -0.05) is 37.3 Å². The van der Waals surface area contributed by atoms with Crippen LogP contribution in [0.4, 0.5) is 0 Å². The number of carbonyl (C=O) groups excluding carboxylic acids is 1. The van der Waals surface area contributed by atoms with E-state index in [1.54, 1.807) is 0 Å². The molecule has 2 heterocycles. The molecule has 1 amide bonds. The number of imidazole rings is 1. The first-order valence-corrected chi connectivity index (χ1v) is 10.1. The third-order valence-corrected chi connectivity index (χ3v) is 5.59. The van der Waals surface area contributed by atoms with Crippen molar-refractivity contribution >= 4 is 16.9 Å². The average molecular weight is 377 g/mol. The Labute approximate surface area is 165 Å². The second kappa shape index (κ2) is 8.57. The number of rotatable bonds is 6. The van der Waals surface area contributed by atoms with E-state index in [1.165, 1.54) is 0 Å². The smallest absolute Gasteiger partial charge is 0.251 e. The van der Waals surface area contributed by atoms with Crippen molar-refractivity contribution in [1.29, 1.82) is 0 Å². The minimum Gasteiger partial charge on any atom is -0.381 e. The second-order valence-electron chi connectivity index (χ2n) is 7.50. The van der Waals surface area contributed by atoms with Gasteiger partial charge in [0.25, 0.3) is 5.91 Å². The van der Waals surface area contributed by atoms with Crippen molar-refractivity contribution in [2.75, 3.05) is 13.2 Å². The number of hydrogen-bond donors (Lipinski definition) is 1. The summed E-state index contributed by atoms with van der Waals surface area (Å²) in [7, 11) is 0. The number of hydrogen-bond acceptors (Lipinski definition) is 3. The van der Waals surface area contributed by atoms with Crippen LogP contribution in [0.25, 0.3) is 11.0 Å². The first-order chi connectivity index (χ1) is 13.7. The number of carbonyl (C=O) groups is 1. The third-order valence-electron chi connectivity index (χ3n) is 5.59. The number of benzene rings is 2. The van der Waals surface area contributed by atoms with Crippen molar-refractivity contribution in [2.24, 2.45) is 5.92 Å². The lowest BCUT2D eigenvalue weighted by Gasteiger charge is -2.22. The number of ether oxygens (including phenoxy) is 1. The molecule has 5 nitrogen and oxygen atoms in total. The molecule has 1 N–H and O–H groups in total. The summed E-state index contributed by atoms with van der Waals surface area (Å²) < 4.78 is 7.65. The highest BCUT2D eigenvalue weighted by atomic mass is 16.5. The molecule has 1 aromatic heterocycles. The fraction of sp³-hybridized carbons (Fsp3) is 0.391. The van der Waals surface area contributed by atoms with E-state index in [1.807, 2.05) is 42.7 Å². The SMILES string of the molecule is CCC(NC(=O)c1ccc2c(c1)ncn2CC1CCOCC1)c1ccccc1. The zero-order chi connectivity index (χ0) is 19.3. The van der Waals surface area contributed by atoms with E-state index in [4.69, 9.17) is 4.74 Å². The molecule has 1 fully saturated rings. The van der Waals surface area contributed by atoms with Crippen LogP contribution in [-0.2, 0) is 11.3 Å². The minimum atomic E-state index is -0.0587. The van der Waals surface area contributed by atoms with Crippen LogP contribution in [0.1, 0.15) is 48.1 Å². The van der Waals surface area contributed by atoms with Crippen LogP contribution in [0.5, 0.6) is 0 Å². The summed E-state index contributed by atoms with van der Waals surface area (Å²) >= 11 is 0. The molecule has 5 heteroatoms. The van der Waals surface area contributed by atoms with E-state index in [2.05, 4.69) is 33.9 Å². The summed E-state index contributed by atoms with van der Waals surface area (Å²) in [6.07, 6.45) is 4.93. The Morgan fingerprint density at radius 3 is 2.75 bits per heavy atom. The van der Waals surface area contributed by atoms with E-state index in [0.29, 0.717) is 11.5 Å². The van der Waals surface area contributed by atoms with Crippen molar-refractivity contribution in [1.82, 2.24) is 14.9 Å². The van der Waals surface area contributed by atoms with Crippen LogP contribution in [0, 0.1) is 5.92 Å². The van der Waals surface area contributed by atoms with Gasteiger partial charge in [0.1, 0.15) is 0 Å². The van der Waals surface area contributed by atoms with Gasteiger partial charge in [-0.25, -0.2) is 4.98 Å². The van der Waals surface area contributed by atoms with E-state index in [0.717, 1.165) is 55.6 Å². The van der Waals surface area contributed by atoms with Gasteiger partial charge in [-0.3, -0.25) is 4.79 Å². The van der Waals surface area contributed by atoms with Gasteiger partial charge in [0.2, 0.25) is 0 Å². The predicted octanol–water partition coefficient (Wildman–Crippen LogP) is 4.34. The minimum absolute atomic E-state index is 0.00970. The number of fused-ring (bicyclic) bond motifs is 1. The summed E-state index contributed by atoms with van der Waals surface area (Å²) in [6.45, 7) is 4.74. The molecule has 0 aliphatic carbocycles. The van der Waals surface area contributed by atoms with Crippen molar-refractivity contribution < 1.29 is 9.53 Å². The largest absolute Gasteiger partial charge is 0.381 e. The zero-order valence-corrected chi connectivity index (χ0v) is 16.3. The Balaban J connectivity index is 1.49. The average Bonchev–Trinajstić information content (AvgIpc) is 3.15. The van der Waals surface area contributed by atoms with E-state index in [9.17, 15) is 4.79 Å².